The maximum atomic E-state index is 3.80. The zero-order valence-electron chi connectivity index (χ0n) is 14.4. The zero-order chi connectivity index (χ0) is 15.5. The van der Waals surface area contributed by atoms with Gasteiger partial charge in [0.1, 0.15) is 0 Å². The van der Waals surface area contributed by atoms with Crippen LogP contribution in [0.15, 0.2) is 30.3 Å². The minimum Gasteiger partial charge on any atom is -0.305 e. The Morgan fingerprint density at radius 1 is 1.24 bits per heavy atom. The summed E-state index contributed by atoms with van der Waals surface area (Å²) in [4.78, 5) is 2.72. The van der Waals surface area contributed by atoms with E-state index in [4.69, 9.17) is 0 Å². The van der Waals surface area contributed by atoms with E-state index in [0.29, 0.717) is 6.04 Å². The molecule has 2 rings (SSSR count). The van der Waals surface area contributed by atoms with Crippen LogP contribution < -0.4 is 5.32 Å². The number of benzene rings is 1. The van der Waals surface area contributed by atoms with Crippen LogP contribution in [0.4, 0.5) is 0 Å². The lowest BCUT2D eigenvalue weighted by molar-refractivity contribution is 0.0637. The smallest absolute Gasteiger partial charge is 0.0535 e. The summed E-state index contributed by atoms with van der Waals surface area (Å²) in [5.41, 5.74) is 1.48. The van der Waals surface area contributed by atoms with Gasteiger partial charge in [-0.1, -0.05) is 58.0 Å². The van der Waals surface area contributed by atoms with Crippen molar-refractivity contribution in [2.45, 2.75) is 52.6 Å². The largest absolute Gasteiger partial charge is 0.305 e. The molecule has 21 heavy (non-hydrogen) atoms. The van der Waals surface area contributed by atoms with E-state index in [0.717, 1.165) is 24.9 Å². The zero-order valence-corrected chi connectivity index (χ0v) is 14.4. The summed E-state index contributed by atoms with van der Waals surface area (Å²) < 4.78 is 0. The minimum atomic E-state index is 0.0730. The second-order valence-corrected chi connectivity index (χ2v) is 7.29. The van der Waals surface area contributed by atoms with Crippen molar-refractivity contribution in [2.75, 3.05) is 19.6 Å². The highest BCUT2D eigenvalue weighted by molar-refractivity contribution is 5.25. The average molecular weight is 288 g/mol. The molecule has 0 spiro atoms. The van der Waals surface area contributed by atoms with E-state index in [-0.39, 0.29) is 5.54 Å². The van der Waals surface area contributed by atoms with Crippen molar-refractivity contribution in [1.82, 2.24) is 10.2 Å². The molecule has 1 N–H and O–H groups in total. The number of nitrogens with zero attached hydrogens (tertiary/aromatic N) is 1. The Hall–Kier alpha value is -0.860. The summed E-state index contributed by atoms with van der Waals surface area (Å²) in [6.07, 6.45) is 1.22. The molecule has 3 atom stereocenters. The molecule has 118 valence electrons. The van der Waals surface area contributed by atoms with Gasteiger partial charge < -0.3 is 5.32 Å². The van der Waals surface area contributed by atoms with Crippen molar-refractivity contribution < 1.29 is 0 Å². The van der Waals surface area contributed by atoms with E-state index in [1.807, 2.05) is 0 Å². The molecule has 0 aromatic heterocycles. The Morgan fingerprint density at radius 3 is 2.48 bits per heavy atom. The van der Waals surface area contributed by atoms with Crippen LogP contribution in [0.25, 0.3) is 0 Å². The molecule has 0 amide bonds. The van der Waals surface area contributed by atoms with Gasteiger partial charge in [-0.05, 0) is 30.7 Å². The highest BCUT2D eigenvalue weighted by Gasteiger charge is 2.36. The third kappa shape index (κ3) is 3.87. The third-order valence-corrected chi connectivity index (χ3v) is 5.31. The molecule has 1 aliphatic heterocycles. The number of hydrogen-bond donors (Lipinski definition) is 1. The third-order valence-electron chi connectivity index (χ3n) is 5.31. The molecule has 0 saturated carbocycles. The highest BCUT2D eigenvalue weighted by atomic mass is 15.3. The Labute approximate surface area is 130 Å². The second kappa shape index (κ2) is 6.93. The maximum Gasteiger partial charge on any atom is 0.0535 e. The quantitative estimate of drug-likeness (QED) is 0.884. The molecular formula is C19H32N2. The van der Waals surface area contributed by atoms with Crippen molar-refractivity contribution in [1.29, 1.82) is 0 Å². The fraction of sp³-hybridized carbons (Fsp3) is 0.684. The summed E-state index contributed by atoms with van der Waals surface area (Å²) in [5.74, 6) is 1.50. The standard InChI is InChI=1S/C19H32N2/c1-6-18-12-20-19(5,17-10-8-7-9-11-17)14-21(18)13-16(4)15(2)3/h7-11,15-16,18,20H,6,12-14H2,1-5H3. The number of nitrogens with one attached hydrogen (secondary N) is 1. The summed E-state index contributed by atoms with van der Waals surface area (Å²) in [7, 11) is 0. The first kappa shape index (κ1) is 16.5. The van der Waals surface area contributed by atoms with Crippen LogP contribution in [0.2, 0.25) is 0 Å². The first-order valence-electron chi connectivity index (χ1n) is 8.51. The Bertz CT molecular complexity index is 428. The van der Waals surface area contributed by atoms with Gasteiger partial charge in [0.2, 0.25) is 0 Å². The molecule has 1 fully saturated rings. The molecule has 0 bridgehead atoms. The van der Waals surface area contributed by atoms with E-state index in [1.54, 1.807) is 0 Å². The lowest BCUT2D eigenvalue weighted by Gasteiger charge is -2.47. The van der Waals surface area contributed by atoms with Gasteiger partial charge in [-0.2, -0.15) is 0 Å². The van der Waals surface area contributed by atoms with E-state index >= 15 is 0 Å². The molecular weight excluding hydrogens is 256 g/mol. The van der Waals surface area contributed by atoms with Crippen molar-refractivity contribution in [3.05, 3.63) is 35.9 Å². The van der Waals surface area contributed by atoms with Crippen molar-refractivity contribution in [2.24, 2.45) is 11.8 Å². The van der Waals surface area contributed by atoms with Crippen LogP contribution >= 0.6 is 0 Å². The average Bonchev–Trinajstić information content (AvgIpc) is 2.48. The number of piperazine rings is 1. The van der Waals surface area contributed by atoms with E-state index < -0.39 is 0 Å². The van der Waals surface area contributed by atoms with E-state index in [9.17, 15) is 0 Å². The Morgan fingerprint density at radius 2 is 1.90 bits per heavy atom. The van der Waals surface area contributed by atoms with Crippen LogP contribution in [0.1, 0.15) is 46.6 Å². The molecule has 1 aromatic carbocycles. The fourth-order valence-corrected chi connectivity index (χ4v) is 3.26. The normalized spacial score (nSPS) is 28.8. The van der Waals surface area contributed by atoms with Crippen LogP contribution in [0, 0.1) is 11.8 Å². The van der Waals surface area contributed by atoms with Gasteiger partial charge in [0.05, 0.1) is 5.54 Å². The molecule has 1 aliphatic rings. The summed E-state index contributed by atoms with van der Waals surface area (Å²) >= 11 is 0. The molecule has 2 heteroatoms. The molecule has 1 aromatic rings. The van der Waals surface area contributed by atoms with Crippen molar-refractivity contribution >= 4 is 0 Å². The molecule has 1 heterocycles. The Balaban J connectivity index is 2.14. The van der Waals surface area contributed by atoms with Crippen LogP contribution in [0.5, 0.6) is 0 Å². The van der Waals surface area contributed by atoms with Gasteiger partial charge in [0, 0.05) is 25.7 Å². The van der Waals surface area contributed by atoms with Crippen LogP contribution in [0.3, 0.4) is 0 Å². The van der Waals surface area contributed by atoms with Gasteiger partial charge in [0.25, 0.3) is 0 Å². The molecule has 0 radical (unpaired) electrons. The number of rotatable bonds is 5. The SMILES string of the molecule is CCC1CNC(C)(c2ccccc2)CN1CC(C)C(C)C. The second-order valence-electron chi connectivity index (χ2n) is 7.29. The summed E-state index contributed by atoms with van der Waals surface area (Å²) in [6.45, 7) is 15.1. The Kier molecular flexibility index (Phi) is 5.45. The molecule has 2 nitrogen and oxygen atoms in total. The molecule has 3 unspecified atom stereocenters. The lowest BCUT2D eigenvalue weighted by atomic mass is 9.86. The van der Waals surface area contributed by atoms with Crippen molar-refractivity contribution in [3.8, 4) is 0 Å². The van der Waals surface area contributed by atoms with E-state index in [1.165, 1.54) is 18.5 Å². The predicted octanol–water partition coefficient (Wildman–Crippen LogP) is 3.88. The van der Waals surface area contributed by atoms with Crippen LogP contribution in [-0.4, -0.2) is 30.6 Å². The summed E-state index contributed by atoms with van der Waals surface area (Å²) in [6, 6.07) is 11.6. The van der Waals surface area contributed by atoms with Crippen molar-refractivity contribution in [3.63, 3.8) is 0 Å². The minimum absolute atomic E-state index is 0.0730. The van der Waals surface area contributed by atoms with Gasteiger partial charge >= 0.3 is 0 Å². The topological polar surface area (TPSA) is 15.3 Å². The van der Waals surface area contributed by atoms with Gasteiger partial charge in [-0.3, -0.25) is 4.90 Å². The van der Waals surface area contributed by atoms with Crippen LogP contribution in [-0.2, 0) is 5.54 Å². The summed E-state index contributed by atoms with van der Waals surface area (Å²) in [5, 5.41) is 3.80. The lowest BCUT2D eigenvalue weighted by Crippen LogP contribution is -2.61. The van der Waals surface area contributed by atoms with Gasteiger partial charge in [-0.25, -0.2) is 0 Å². The molecule has 1 saturated heterocycles. The number of hydrogen-bond acceptors (Lipinski definition) is 2. The maximum absolute atomic E-state index is 3.80. The monoisotopic (exact) mass is 288 g/mol. The van der Waals surface area contributed by atoms with Gasteiger partial charge in [0.15, 0.2) is 0 Å². The predicted molar refractivity (Wildman–Crippen MR) is 91.5 cm³/mol. The highest BCUT2D eigenvalue weighted by Crippen LogP contribution is 2.28. The fourth-order valence-electron chi connectivity index (χ4n) is 3.26. The first-order chi connectivity index (χ1) is 9.96. The van der Waals surface area contributed by atoms with Gasteiger partial charge in [-0.15, -0.1) is 0 Å². The first-order valence-corrected chi connectivity index (χ1v) is 8.51. The van der Waals surface area contributed by atoms with E-state index in [2.05, 4.69) is 75.2 Å². The molecule has 0 aliphatic carbocycles.